The number of rotatable bonds is 2. The van der Waals surface area contributed by atoms with Gasteiger partial charge in [0.25, 0.3) is 0 Å². The zero-order valence-corrected chi connectivity index (χ0v) is 8.10. The van der Waals surface area contributed by atoms with Crippen LogP contribution in [-0.2, 0) is 0 Å². The van der Waals surface area contributed by atoms with E-state index in [0.717, 1.165) is 12.1 Å². The summed E-state index contributed by atoms with van der Waals surface area (Å²) >= 11 is 5.30. The topological polar surface area (TPSA) is 63.1 Å². The van der Waals surface area contributed by atoms with Crippen molar-refractivity contribution in [3.63, 3.8) is 0 Å². The van der Waals surface area contributed by atoms with Crippen LogP contribution < -0.4 is 5.76 Å². The van der Waals surface area contributed by atoms with Gasteiger partial charge in [0.15, 0.2) is 11.4 Å². The van der Waals surface area contributed by atoms with Crippen molar-refractivity contribution < 1.29 is 13.6 Å². The average molecular weight is 230 g/mol. The summed E-state index contributed by atoms with van der Waals surface area (Å²) in [6.45, 7) is 0. The number of benzene rings is 1. The maximum Gasteiger partial charge on any atom is 0.417 e. The predicted molar refractivity (Wildman–Crippen MR) is 51.8 cm³/mol. The number of halogens is 2. The molecule has 0 unspecified atom stereocenters. The van der Waals surface area contributed by atoms with E-state index in [0.29, 0.717) is 0 Å². The molecule has 0 spiro atoms. The second-order valence-corrected chi connectivity index (χ2v) is 3.17. The molecule has 0 saturated heterocycles. The molecule has 1 aromatic carbocycles. The van der Waals surface area contributed by atoms with Crippen molar-refractivity contribution in [2.75, 3.05) is 5.88 Å². The smallest absolute Gasteiger partial charge is 0.408 e. The molecule has 1 aromatic heterocycles. The Hall–Kier alpha value is -1.62. The molecule has 78 valence electrons. The van der Waals surface area contributed by atoms with Crippen molar-refractivity contribution in [2.45, 2.75) is 0 Å². The van der Waals surface area contributed by atoms with E-state index in [4.69, 9.17) is 11.6 Å². The molecule has 0 fully saturated rings. The van der Waals surface area contributed by atoms with Gasteiger partial charge in [-0.1, -0.05) is 0 Å². The monoisotopic (exact) mass is 229 g/mol. The van der Waals surface area contributed by atoms with E-state index in [1.807, 2.05) is 0 Å². The summed E-state index contributed by atoms with van der Waals surface area (Å²) in [6.07, 6.45) is 0. The lowest BCUT2D eigenvalue weighted by Gasteiger charge is -1.98. The standard InChI is InChI=1S/C9H5ClFNO3/c10-3-7(13)4-1-8-6(2-5(4)11)12-9(14)15-8/h1-2H,3H2,(H,12,14). The first kappa shape index (κ1) is 9.92. The van der Waals surface area contributed by atoms with Gasteiger partial charge in [-0.25, -0.2) is 9.18 Å². The number of fused-ring (bicyclic) bond motifs is 1. The molecule has 0 radical (unpaired) electrons. The van der Waals surface area contributed by atoms with Crippen LogP contribution in [0.15, 0.2) is 21.3 Å². The largest absolute Gasteiger partial charge is 0.417 e. The van der Waals surface area contributed by atoms with Crippen molar-refractivity contribution in [2.24, 2.45) is 0 Å². The lowest BCUT2D eigenvalue weighted by atomic mass is 10.1. The highest BCUT2D eigenvalue weighted by atomic mass is 35.5. The minimum atomic E-state index is -0.731. The molecule has 1 N–H and O–H groups in total. The molecule has 0 amide bonds. The molecule has 0 aliphatic carbocycles. The molecule has 2 aromatic rings. The number of nitrogens with one attached hydrogen (secondary N) is 1. The highest BCUT2D eigenvalue weighted by molar-refractivity contribution is 6.30. The van der Waals surface area contributed by atoms with Crippen LogP contribution in [0.5, 0.6) is 0 Å². The van der Waals surface area contributed by atoms with Gasteiger partial charge in [-0.2, -0.15) is 0 Å². The number of hydrogen-bond acceptors (Lipinski definition) is 3. The Kier molecular flexibility index (Phi) is 2.32. The van der Waals surface area contributed by atoms with Crippen LogP contribution in [0.1, 0.15) is 10.4 Å². The van der Waals surface area contributed by atoms with Crippen LogP contribution in [-0.4, -0.2) is 16.6 Å². The van der Waals surface area contributed by atoms with E-state index in [1.165, 1.54) is 0 Å². The SMILES string of the molecule is O=C(CCl)c1cc2oc(=O)[nH]c2cc1F. The molecule has 0 aliphatic rings. The van der Waals surface area contributed by atoms with Crippen molar-refractivity contribution in [3.05, 3.63) is 34.1 Å². The first-order valence-electron chi connectivity index (χ1n) is 4.03. The van der Waals surface area contributed by atoms with E-state index in [2.05, 4.69) is 9.40 Å². The van der Waals surface area contributed by atoms with Gasteiger partial charge in [0.05, 0.1) is 17.0 Å². The molecule has 2 rings (SSSR count). The summed E-state index contributed by atoms with van der Waals surface area (Å²) in [4.78, 5) is 24.3. The van der Waals surface area contributed by atoms with Crippen LogP contribution in [0.3, 0.4) is 0 Å². The van der Waals surface area contributed by atoms with Crippen LogP contribution >= 0.6 is 11.6 Å². The number of aromatic nitrogens is 1. The van der Waals surface area contributed by atoms with Gasteiger partial charge in [-0.15, -0.1) is 11.6 Å². The van der Waals surface area contributed by atoms with Gasteiger partial charge < -0.3 is 4.42 Å². The molecular weight excluding hydrogens is 225 g/mol. The minimum absolute atomic E-state index is 0.134. The van der Waals surface area contributed by atoms with E-state index < -0.39 is 17.4 Å². The summed E-state index contributed by atoms with van der Waals surface area (Å²) < 4.78 is 18.0. The Labute approximate surface area is 87.6 Å². The van der Waals surface area contributed by atoms with E-state index >= 15 is 0 Å². The third-order valence-corrected chi connectivity index (χ3v) is 2.17. The molecule has 0 aliphatic heterocycles. The zero-order valence-electron chi connectivity index (χ0n) is 7.34. The maximum absolute atomic E-state index is 13.3. The molecule has 1 heterocycles. The van der Waals surface area contributed by atoms with Crippen LogP contribution in [0.25, 0.3) is 11.1 Å². The van der Waals surface area contributed by atoms with E-state index in [9.17, 15) is 14.0 Å². The Balaban J connectivity index is 2.71. The summed E-state index contributed by atoms with van der Waals surface area (Å²) in [7, 11) is 0. The van der Waals surface area contributed by atoms with Crippen LogP contribution in [0.2, 0.25) is 0 Å². The van der Waals surface area contributed by atoms with Crippen molar-refractivity contribution >= 4 is 28.5 Å². The number of hydrogen-bond donors (Lipinski definition) is 1. The normalized spacial score (nSPS) is 10.8. The molecule has 0 bridgehead atoms. The highest BCUT2D eigenvalue weighted by Gasteiger charge is 2.14. The fraction of sp³-hybridized carbons (Fsp3) is 0.111. The van der Waals surface area contributed by atoms with E-state index in [1.54, 1.807) is 0 Å². The van der Waals surface area contributed by atoms with Crippen LogP contribution in [0.4, 0.5) is 4.39 Å². The molecule has 15 heavy (non-hydrogen) atoms. The third kappa shape index (κ3) is 1.66. The van der Waals surface area contributed by atoms with Gasteiger partial charge in [0.1, 0.15) is 5.82 Å². The van der Waals surface area contributed by atoms with Gasteiger partial charge in [0.2, 0.25) is 0 Å². The summed E-state index contributed by atoms with van der Waals surface area (Å²) in [5.74, 6) is -2.30. The quantitative estimate of drug-likeness (QED) is 0.630. The molecule has 6 heteroatoms. The first-order chi connectivity index (χ1) is 7.11. The van der Waals surface area contributed by atoms with Crippen molar-refractivity contribution in [1.82, 2.24) is 4.98 Å². The van der Waals surface area contributed by atoms with E-state index in [-0.39, 0.29) is 22.5 Å². The lowest BCUT2D eigenvalue weighted by Crippen LogP contribution is -2.03. The fourth-order valence-electron chi connectivity index (χ4n) is 1.26. The maximum atomic E-state index is 13.3. The summed E-state index contributed by atoms with van der Waals surface area (Å²) in [5, 5.41) is 0. The lowest BCUT2D eigenvalue weighted by molar-refractivity contribution is 0.101. The summed E-state index contributed by atoms with van der Waals surface area (Å²) in [5.41, 5.74) is 0.165. The second-order valence-electron chi connectivity index (χ2n) is 2.90. The molecule has 0 atom stereocenters. The average Bonchev–Trinajstić information content (AvgIpc) is 2.55. The molecule has 4 nitrogen and oxygen atoms in total. The molecular formula is C9H5ClFNO3. The number of Topliss-reactive ketones (excluding diaryl/α,β-unsaturated/α-hetero) is 1. The molecule has 0 saturated carbocycles. The number of carbonyl (C=O) groups is 1. The Morgan fingerprint density at radius 3 is 2.93 bits per heavy atom. The van der Waals surface area contributed by atoms with Crippen molar-refractivity contribution in [3.8, 4) is 0 Å². The Bertz CT molecular complexity index is 587. The first-order valence-corrected chi connectivity index (χ1v) is 4.57. The number of aromatic amines is 1. The van der Waals surface area contributed by atoms with Crippen molar-refractivity contribution in [1.29, 1.82) is 0 Å². The Morgan fingerprint density at radius 1 is 1.53 bits per heavy atom. The number of ketones is 1. The van der Waals surface area contributed by atoms with Crippen LogP contribution in [0, 0.1) is 5.82 Å². The van der Waals surface area contributed by atoms with Gasteiger partial charge in [-0.3, -0.25) is 9.78 Å². The summed E-state index contributed by atoms with van der Waals surface area (Å²) in [6, 6.07) is 2.19. The Morgan fingerprint density at radius 2 is 2.27 bits per heavy atom. The number of carbonyl (C=O) groups excluding carboxylic acids is 1. The third-order valence-electron chi connectivity index (χ3n) is 1.93. The van der Waals surface area contributed by atoms with Gasteiger partial charge in [-0.05, 0) is 6.07 Å². The number of alkyl halides is 1. The van der Waals surface area contributed by atoms with Gasteiger partial charge in [0, 0.05) is 6.07 Å². The fourth-order valence-corrected chi connectivity index (χ4v) is 1.40. The minimum Gasteiger partial charge on any atom is -0.408 e. The number of H-pyrrole nitrogens is 1. The highest BCUT2D eigenvalue weighted by Crippen LogP contribution is 2.17. The zero-order chi connectivity index (χ0) is 11.0. The number of oxazole rings is 1. The predicted octanol–water partition coefficient (Wildman–Crippen LogP) is 1.68. The second kappa shape index (κ2) is 3.51. The van der Waals surface area contributed by atoms with Gasteiger partial charge >= 0.3 is 5.76 Å².